The summed E-state index contributed by atoms with van der Waals surface area (Å²) >= 11 is 1.05. The molecule has 0 bridgehead atoms. The second-order valence-corrected chi connectivity index (χ2v) is 10.6. The molecule has 13 heteroatoms. The molecule has 0 atom stereocenters. The molecular formula is C27H25F3N8OS. The Labute approximate surface area is 231 Å². The van der Waals surface area contributed by atoms with E-state index < -0.39 is 17.8 Å². The monoisotopic (exact) mass is 566 g/mol. The van der Waals surface area contributed by atoms with Crippen LogP contribution in [0.1, 0.15) is 21.7 Å². The topological polar surface area (TPSA) is 106 Å². The molecule has 1 aliphatic rings. The Kier molecular flexibility index (Phi) is 6.86. The highest BCUT2D eigenvalue weighted by Gasteiger charge is 2.34. The number of alkyl halides is 3. The summed E-state index contributed by atoms with van der Waals surface area (Å²) < 4.78 is 38.8. The average Bonchev–Trinajstić information content (AvgIpc) is 3.69. The molecule has 6 rings (SSSR count). The van der Waals surface area contributed by atoms with Crippen LogP contribution < -0.4 is 5.32 Å². The van der Waals surface area contributed by atoms with E-state index >= 15 is 0 Å². The molecule has 5 aromatic rings. The summed E-state index contributed by atoms with van der Waals surface area (Å²) in [4.78, 5) is 22.2. The van der Waals surface area contributed by atoms with Crippen molar-refractivity contribution in [1.29, 1.82) is 0 Å². The molecule has 1 fully saturated rings. The minimum Gasteiger partial charge on any atom is -0.320 e. The van der Waals surface area contributed by atoms with Gasteiger partial charge in [-0.05, 0) is 42.4 Å². The van der Waals surface area contributed by atoms with Gasteiger partial charge in [-0.25, -0.2) is 4.98 Å². The fourth-order valence-corrected chi connectivity index (χ4v) is 5.47. The van der Waals surface area contributed by atoms with Crippen LogP contribution in [0, 0.1) is 0 Å². The van der Waals surface area contributed by atoms with E-state index in [1.54, 1.807) is 6.20 Å². The van der Waals surface area contributed by atoms with Crippen molar-refractivity contribution in [3.05, 3.63) is 71.0 Å². The van der Waals surface area contributed by atoms with Gasteiger partial charge in [-0.2, -0.15) is 23.4 Å². The number of amides is 1. The van der Waals surface area contributed by atoms with Crippen LogP contribution in [0.15, 0.2) is 54.0 Å². The lowest BCUT2D eigenvalue weighted by molar-refractivity contribution is -0.141. The number of carbonyl (C=O) groups is 1. The number of nitrogens with zero attached hydrogens (tertiary/aromatic N) is 5. The van der Waals surface area contributed by atoms with Crippen LogP contribution in [0.4, 0.5) is 18.9 Å². The predicted octanol–water partition coefficient (Wildman–Crippen LogP) is 5.10. The Balaban J connectivity index is 1.26. The first-order chi connectivity index (χ1) is 19.2. The van der Waals surface area contributed by atoms with Crippen LogP contribution >= 0.6 is 11.3 Å². The summed E-state index contributed by atoms with van der Waals surface area (Å²) in [5.41, 5.74) is 3.39. The number of likely N-dealkylation sites (N-methyl/N-ethyl adjacent to an activating group) is 1. The Morgan fingerprint density at radius 3 is 2.70 bits per heavy atom. The lowest BCUT2D eigenvalue weighted by Gasteiger charge is -2.32. The molecule has 1 aliphatic heterocycles. The second kappa shape index (κ2) is 10.5. The number of aromatic amines is 2. The Hall–Kier alpha value is -4.07. The van der Waals surface area contributed by atoms with Crippen molar-refractivity contribution < 1.29 is 18.0 Å². The zero-order chi connectivity index (χ0) is 27.9. The fraction of sp³-hybridized carbons (Fsp3) is 0.259. The van der Waals surface area contributed by atoms with E-state index in [0.717, 1.165) is 72.2 Å². The molecule has 0 saturated carbocycles. The summed E-state index contributed by atoms with van der Waals surface area (Å²) in [6.07, 6.45) is -2.85. The van der Waals surface area contributed by atoms with Gasteiger partial charge in [0, 0.05) is 49.1 Å². The summed E-state index contributed by atoms with van der Waals surface area (Å²) in [5.74, 6) is -0.480. The van der Waals surface area contributed by atoms with Crippen LogP contribution in [-0.4, -0.2) is 74.3 Å². The first-order valence-electron chi connectivity index (χ1n) is 12.6. The number of fused-ring (bicyclic) bond motifs is 1. The normalized spacial score (nSPS) is 15.1. The number of rotatable bonds is 6. The highest BCUT2D eigenvalue weighted by molar-refractivity contribution is 7.13. The number of carbonyl (C=O) groups excluding carboxylic acids is 1. The minimum atomic E-state index is -4.57. The van der Waals surface area contributed by atoms with E-state index in [1.165, 1.54) is 10.9 Å². The molecular weight excluding hydrogens is 541 g/mol. The number of aromatic nitrogens is 5. The first kappa shape index (κ1) is 26.2. The highest BCUT2D eigenvalue weighted by atomic mass is 32.1. The van der Waals surface area contributed by atoms with Crippen molar-refractivity contribution in [2.75, 3.05) is 38.5 Å². The van der Waals surface area contributed by atoms with Crippen molar-refractivity contribution >= 4 is 33.8 Å². The summed E-state index contributed by atoms with van der Waals surface area (Å²) in [6.45, 7) is 4.93. The summed E-state index contributed by atoms with van der Waals surface area (Å²) in [5, 5.41) is 18.3. The smallest absolute Gasteiger partial charge is 0.320 e. The third-order valence-corrected chi connectivity index (χ3v) is 7.78. The maximum absolute atomic E-state index is 13.2. The number of benzene rings is 2. The van der Waals surface area contributed by atoms with Gasteiger partial charge in [-0.15, -0.1) is 11.3 Å². The third-order valence-electron chi connectivity index (χ3n) is 6.90. The maximum Gasteiger partial charge on any atom is 0.435 e. The SMILES string of the molecule is CN1CCN(Cc2cccc(-c3cc4cn[nH]c4cc3NC(=O)c3csc(-c4cc(C(F)(F)F)n[nH]4)n3)c2)CC1. The molecule has 1 saturated heterocycles. The molecule has 9 nitrogen and oxygen atoms in total. The van der Waals surface area contributed by atoms with Crippen LogP contribution in [0.25, 0.3) is 32.7 Å². The molecule has 4 heterocycles. The number of piperazine rings is 1. The maximum atomic E-state index is 13.2. The fourth-order valence-electron chi connectivity index (χ4n) is 4.70. The molecule has 2 aromatic carbocycles. The van der Waals surface area contributed by atoms with E-state index in [1.807, 2.05) is 24.3 Å². The van der Waals surface area contributed by atoms with Crippen LogP contribution in [-0.2, 0) is 12.7 Å². The zero-order valence-corrected chi connectivity index (χ0v) is 22.2. The number of H-pyrrole nitrogens is 2. The van der Waals surface area contributed by atoms with Gasteiger partial charge in [0.25, 0.3) is 5.91 Å². The van der Waals surface area contributed by atoms with Crippen molar-refractivity contribution in [2.24, 2.45) is 0 Å². The number of hydrogen-bond donors (Lipinski definition) is 3. The van der Waals surface area contributed by atoms with E-state index in [4.69, 9.17) is 0 Å². The lowest BCUT2D eigenvalue weighted by atomic mass is 9.99. The van der Waals surface area contributed by atoms with E-state index in [0.29, 0.717) is 5.69 Å². The van der Waals surface area contributed by atoms with Crippen LogP contribution in [0.2, 0.25) is 0 Å². The van der Waals surface area contributed by atoms with E-state index in [2.05, 4.69) is 59.7 Å². The van der Waals surface area contributed by atoms with Crippen molar-refractivity contribution in [2.45, 2.75) is 12.7 Å². The van der Waals surface area contributed by atoms with Crippen LogP contribution in [0.5, 0.6) is 0 Å². The minimum absolute atomic E-state index is 0.0858. The summed E-state index contributed by atoms with van der Waals surface area (Å²) in [6, 6.07) is 12.9. The van der Waals surface area contributed by atoms with E-state index in [9.17, 15) is 18.0 Å². The molecule has 0 spiro atoms. The first-order valence-corrected chi connectivity index (χ1v) is 13.5. The van der Waals surface area contributed by atoms with E-state index in [-0.39, 0.29) is 16.4 Å². The standard InChI is InChI=1S/C27H25F3N8OS/c1-37-5-7-38(8-6-37)14-16-3-2-4-17(9-16)19-10-18-13-31-34-20(18)11-21(19)32-25(39)23-15-40-26(33-23)22-12-24(36-35-22)27(28,29)30/h2-4,9-13,15H,5-8,14H2,1H3,(H,31,34)(H,32,39)(H,35,36). The van der Waals surface area contributed by atoms with Gasteiger partial charge < -0.3 is 10.2 Å². The zero-order valence-electron chi connectivity index (χ0n) is 21.4. The van der Waals surface area contributed by atoms with Gasteiger partial charge in [0.2, 0.25) is 0 Å². The number of hydrogen-bond acceptors (Lipinski definition) is 7. The molecule has 0 unspecified atom stereocenters. The number of anilines is 1. The second-order valence-electron chi connectivity index (χ2n) is 9.79. The van der Waals surface area contributed by atoms with Gasteiger partial charge in [-0.3, -0.25) is 19.9 Å². The quantitative estimate of drug-likeness (QED) is 0.264. The van der Waals surface area contributed by atoms with Gasteiger partial charge in [0.15, 0.2) is 5.69 Å². The van der Waals surface area contributed by atoms with Gasteiger partial charge in [-0.1, -0.05) is 18.2 Å². The Morgan fingerprint density at radius 1 is 1.10 bits per heavy atom. The molecule has 3 N–H and O–H groups in total. The third kappa shape index (κ3) is 5.48. The molecule has 0 aliphatic carbocycles. The molecule has 3 aromatic heterocycles. The van der Waals surface area contributed by atoms with Crippen molar-refractivity contribution in [3.63, 3.8) is 0 Å². The predicted molar refractivity (Wildman–Crippen MR) is 147 cm³/mol. The largest absolute Gasteiger partial charge is 0.435 e. The van der Waals surface area contributed by atoms with Crippen LogP contribution in [0.3, 0.4) is 0 Å². The Bertz CT molecular complexity index is 1670. The molecule has 40 heavy (non-hydrogen) atoms. The van der Waals surface area contributed by atoms with Gasteiger partial charge in [0.05, 0.1) is 23.1 Å². The lowest BCUT2D eigenvalue weighted by Crippen LogP contribution is -2.43. The molecule has 206 valence electrons. The van der Waals surface area contributed by atoms with Gasteiger partial charge >= 0.3 is 6.18 Å². The highest BCUT2D eigenvalue weighted by Crippen LogP contribution is 2.34. The number of thiazole rings is 1. The number of halogens is 3. The summed E-state index contributed by atoms with van der Waals surface area (Å²) in [7, 11) is 2.13. The van der Waals surface area contributed by atoms with Crippen molar-refractivity contribution in [1.82, 2.24) is 35.2 Å². The molecule has 1 amide bonds. The number of nitrogens with one attached hydrogen (secondary N) is 3. The molecule has 0 radical (unpaired) electrons. The Morgan fingerprint density at radius 2 is 1.93 bits per heavy atom. The van der Waals surface area contributed by atoms with Gasteiger partial charge in [0.1, 0.15) is 10.7 Å². The average molecular weight is 567 g/mol. The van der Waals surface area contributed by atoms with Crippen molar-refractivity contribution in [3.8, 4) is 21.8 Å².